The van der Waals surface area contributed by atoms with Crippen molar-refractivity contribution >= 4 is 52.6 Å². The van der Waals surface area contributed by atoms with Crippen molar-refractivity contribution in [2.24, 2.45) is 7.05 Å². The van der Waals surface area contributed by atoms with E-state index < -0.39 is 40.7 Å². The highest BCUT2D eigenvalue weighted by Crippen LogP contribution is 2.45. The number of fused-ring (bicyclic) bond motifs is 1. The highest BCUT2D eigenvalue weighted by Gasteiger charge is 2.52. The number of amides is 3. The number of nitrogens with zero attached hydrogens (tertiary/aromatic N) is 8. The number of aryl methyl sites for hydroxylation is 1. The van der Waals surface area contributed by atoms with Crippen LogP contribution in [0.4, 0.5) is 16.0 Å². The van der Waals surface area contributed by atoms with Crippen LogP contribution in [0.5, 0.6) is 0 Å². The van der Waals surface area contributed by atoms with Crippen molar-refractivity contribution < 1.29 is 18.8 Å². The molecule has 51 heavy (non-hydrogen) atoms. The molecule has 2 atom stereocenters. The Kier molecular flexibility index (Phi) is 8.35. The molecule has 1 saturated carbocycles. The molecule has 2 aromatic carbocycles. The highest BCUT2D eigenvalue weighted by atomic mass is 35.5. The van der Waals surface area contributed by atoms with Crippen LogP contribution < -0.4 is 15.5 Å². The van der Waals surface area contributed by atoms with Crippen molar-refractivity contribution in [2.75, 3.05) is 4.90 Å². The van der Waals surface area contributed by atoms with Gasteiger partial charge in [0, 0.05) is 25.2 Å². The van der Waals surface area contributed by atoms with E-state index in [0.717, 1.165) is 5.56 Å². The van der Waals surface area contributed by atoms with Crippen LogP contribution in [0, 0.1) is 17.1 Å². The molecule has 13 nitrogen and oxygen atoms in total. The minimum Gasteiger partial charge on any atom is -0.343 e. The van der Waals surface area contributed by atoms with Crippen LogP contribution in [0.2, 0.25) is 10.0 Å². The summed E-state index contributed by atoms with van der Waals surface area (Å²) in [7, 11) is 1.81. The predicted molar refractivity (Wildman–Crippen MR) is 185 cm³/mol. The third-order valence-electron chi connectivity index (χ3n) is 9.20. The number of nitrogens with one attached hydrogen (secondary N) is 2. The standard InChI is InChI=1S/C35H29Cl2FN10O3/c1-19(30(49)43-35(10-11-35)28-9-8-26(44-45-28)22-16-41-46(3)18-22)42-31(50)27-17-40-33-47(23-12-24(36)29(38)25(37)13-23)32(51)34(2,48(27)33)14-20-4-6-21(15-39)7-5-20/h4-9,12-13,16-19H,10-11,14H2,1-3H3,(H,42,50)(H,43,49)/t19-,34+/m0/s1. The Labute approximate surface area is 301 Å². The molecule has 0 unspecified atom stereocenters. The molecule has 3 aromatic heterocycles. The molecule has 5 aromatic rings. The topological polar surface area (TPSA) is 164 Å². The second-order valence-corrected chi connectivity index (χ2v) is 13.7. The number of hydrogen-bond acceptors (Lipinski definition) is 8. The zero-order chi connectivity index (χ0) is 36.2. The fraction of sp³-hybridized carbons (Fsp3) is 0.257. The molecule has 1 aliphatic carbocycles. The van der Waals surface area contributed by atoms with Gasteiger partial charge >= 0.3 is 0 Å². The zero-order valence-corrected chi connectivity index (χ0v) is 29.0. The summed E-state index contributed by atoms with van der Waals surface area (Å²) in [5.41, 5.74) is 1.24. The van der Waals surface area contributed by atoms with Crippen LogP contribution in [0.25, 0.3) is 11.3 Å². The fourth-order valence-electron chi connectivity index (χ4n) is 6.27. The van der Waals surface area contributed by atoms with E-state index in [0.29, 0.717) is 35.4 Å². The Balaban J connectivity index is 1.14. The molecule has 0 radical (unpaired) electrons. The average molecular weight is 728 g/mol. The van der Waals surface area contributed by atoms with E-state index in [9.17, 15) is 24.0 Å². The summed E-state index contributed by atoms with van der Waals surface area (Å²) >= 11 is 12.2. The Morgan fingerprint density at radius 1 is 1.08 bits per heavy atom. The number of carbonyl (C=O) groups is 3. The number of hydrogen-bond donors (Lipinski definition) is 2. The Morgan fingerprint density at radius 3 is 2.37 bits per heavy atom. The molecular weight excluding hydrogens is 698 g/mol. The first-order chi connectivity index (χ1) is 24.3. The molecular formula is C35H29Cl2FN10O3. The Bertz CT molecular complexity index is 2240. The maximum Gasteiger partial charge on any atom is 0.270 e. The van der Waals surface area contributed by atoms with Crippen molar-refractivity contribution in [3.8, 4) is 17.3 Å². The van der Waals surface area contributed by atoms with Gasteiger partial charge in [-0.2, -0.15) is 20.6 Å². The van der Waals surface area contributed by atoms with Crippen LogP contribution >= 0.6 is 23.2 Å². The highest BCUT2D eigenvalue weighted by molar-refractivity contribution is 6.35. The molecule has 0 saturated heterocycles. The van der Waals surface area contributed by atoms with Gasteiger partial charge in [0.05, 0.1) is 56.7 Å². The van der Waals surface area contributed by atoms with Crippen molar-refractivity contribution in [2.45, 2.75) is 50.2 Å². The number of halogens is 3. The van der Waals surface area contributed by atoms with Gasteiger partial charge < -0.3 is 10.6 Å². The lowest BCUT2D eigenvalue weighted by Crippen LogP contribution is -2.49. The third-order valence-corrected chi connectivity index (χ3v) is 9.75. The normalized spacial score (nSPS) is 17.8. The molecule has 7 rings (SSSR count). The summed E-state index contributed by atoms with van der Waals surface area (Å²) in [4.78, 5) is 47.3. The Morgan fingerprint density at radius 2 is 1.78 bits per heavy atom. The second-order valence-electron chi connectivity index (χ2n) is 12.9. The summed E-state index contributed by atoms with van der Waals surface area (Å²) in [5, 5.41) is 27.3. The summed E-state index contributed by atoms with van der Waals surface area (Å²) < 4.78 is 17.5. The number of aromatic nitrogens is 6. The fourth-order valence-corrected chi connectivity index (χ4v) is 6.75. The lowest BCUT2D eigenvalue weighted by molar-refractivity contribution is -0.124. The molecule has 1 fully saturated rings. The molecule has 0 spiro atoms. The quantitative estimate of drug-likeness (QED) is 0.202. The molecule has 3 amide bonds. The molecule has 0 bridgehead atoms. The summed E-state index contributed by atoms with van der Waals surface area (Å²) in [5.74, 6) is -2.35. The van der Waals surface area contributed by atoms with E-state index in [1.54, 1.807) is 49.0 Å². The van der Waals surface area contributed by atoms with E-state index in [1.165, 1.54) is 27.8 Å². The lowest BCUT2D eigenvalue weighted by atomic mass is 9.91. The third kappa shape index (κ3) is 5.98. The van der Waals surface area contributed by atoms with Gasteiger partial charge in [0.2, 0.25) is 11.9 Å². The molecule has 16 heteroatoms. The largest absolute Gasteiger partial charge is 0.343 e. The number of rotatable bonds is 9. The maximum atomic E-state index is 14.4. The average Bonchev–Trinajstić information content (AvgIpc) is 3.44. The van der Waals surface area contributed by atoms with Crippen LogP contribution in [0.1, 0.15) is 54.0 Å². The van der Waals surface area contributed by atoms with Gasteiger partial charge in [-0.05, 0) is 68.7 Å². The second kappa shape index (κ2) is 12.6. The minimum atomic E-state index is -1.43. The van der Waals surface area contributed by atoms with Crippen molar-refractivity contribution in [1.82, 2.24) is 40.2 Å². The molecule has 2 N–H and O–H groups in total. The molecule has 1 aliphatic heterocycles. The number of nitriles is 1. The van der Waals surface area contributed by atoms with Gasteiger partial charge in [0.15, 0.2) is 5.82 Å². The van der Waals surface area contributed by atoms with Crippen molar-refractivity contribution in [1.29, 1.82) is 5.26 Å². The number of benzene rings is 2. The van der Waals surface area contributed by atoms with Crippen molar-refractivity contribution in [3.63, 3.8) is 0 Å². The van der Waals surface area contributed by atoms with E-state index in [1.807, 2.05) is 25.4 Å². The first-order valence-corrected chi connectivity index (χ1v) is 16.6. The summed E-state index contributed by atoms with van der Waals surface area (Å²) in [6.07, 6.45) is 6.23. The van der Waals surface area contributed by atoms with Gasteiger partial charge in [-0.3, -0.25) is 23.6 Å². The van der Waals surface area contributed by atoms with Crippen molar-refractivity contribution in [3.05, 3.63) is 105 Å². The smallest absolute Gasteiger partial charge is 0.270 e. The van der Waals surface area contributed by atoms with E-state index in [4.69, 9.17) is 23.2 Å². The predicted octanol–water partition coefficient (Wildman–Crippen LogP) is 4.95. The van der Waals surface area contributed by atoms with Gasteiger partial charge in [-0.25, -0.2) is 14.3 Å². The van der Waals surface area contributed by atoms with E-state index >= 15 is 0 Å². The maximum absolute atomic E-state index is 14.4. The number of anilines is 2. The first-order valence-electron chi connectivity index (χ1n) is 15.9. The SMILES string of the molecule is C[C@H](NC(=O)c1cnc2n1[C@](C)(Cc1ccc(C#N)cc1)C(=O)N2c1cc(Cl)c(F)c(Cl)c1)C(=O)NC1(c2ccc(-c3cnn(C)c3)nn2)CC1. The van der Waals surface area contributed by atoms with Crippen LogP contribution in [0.3, 0.4) is 0 Å². The van der Waals surface area contributed by atoms with Gasteiger partial charge in [-0.1, -0.05) is 35.3 Å². The van der Waals surface area contributed by atoms with Gasteiger partial charge in [-0.15, -0.1) is 0 Å². The molecule has 2 aliphatic rings. The molecule has 258 valence electrons. The summed E-state index contributed by atoms with van der Waals surface area (Å²) in [6.45, 7) is 3.20. The Hall–Kier alpha value is -5.65. The van der Waals surface area contributed by atoms with E-state index in [2.05, 4.69) is 37.0 Å². The monoisotopic (exact) mass is 726 g/mol. The van der Waals surface area contributed by atoms with E-state index in [-0.39, 0.29) is 33.8 Å². The van der Waals surface area contributed by atoms with Crippen LogP contribution in [-0.2, 0) is 34.1 Å². The van der Waals surface area contributed by atoms with Gasteiger partial charge in [0.25, 0.3) is 11.8 Å². The number of imidazole rings is 1. The first kappa shape index (κ1) is 33.8. The lowest BCUT2D eigenvalue weighted by Gasteiger charge is -2.27. The van der Waals surface area contributed by atoms with Gasteiger partial charge in [0.1, 0.15) is 17.3 Å². The number of carbonyl (C=O) groups excluding carboxylic acids is 3. The molecule has 4 heterocycles. The van der Waals surface area contributed by atoms with Crippen LogP contribution in [0.15, 0.2) is 67.1 Å². The minimum absolute atomic E-state index is 0.00828. The van der Waals surface area contributed by atoms with Crippen LogP contribution in [-0.4, -0.2) is 53.3 Å². The summed E-state index contributed by atoms with van der Waals surface area (Å²) in [6, 6.07) is 13.9. The zero-order valence-electron chi connectivity index (χ0n) is 27.5.